The summed E-state index contributed by atoms with van der Waals surface area (Å²) in [6, 6.07) is 11.7. The lowest BCUT2D eigenvalue weighted by Gasteiger charge is -2.08. The molecule has 6 nitrogen and oxygen atoms in total. The highest BCUT2D eigenvalue weighted by Gasteiger charge is 2.03. The van der Waals surface area contributed by atoms with Gasteiger partial charge in [0.1, 0.15) is 5.82 Å². The lowest BCUT2D eigenvalue weighted by atomic mass is 10.1. The Labute approximate surface area is 146 Å². The number of hydrogen-bond donors (Lipinski definition) is 3. The van der Waals surface area contributed by atoms with Crippen LogP contribution in [0.4, 0.5) is 4.39 Å². The summed E-state index contributed by atoms with van der Waals surface area (Å²) in [5, 5.41) is 5.67. The Bertz CT molecular complexity index is 706. The second kappa shape index (κ2) is 10.0. The highest BCUT2D eigenvalue weighted by molar-refractivity contribution is 5.79. The maximum Gasteiger partial charge on any atom is 0.224 e. The number of hydrogen-bond acceptors (Lipinski definition) is 3. The quantitative estimate of drug-likeness (QED) is 0.379. The summed E-state index contributed by atoms with van der Waals surface area (Å²) in [6.45, 7) is 1.42. The number of carbonyl (C=O) groups is 1. The third kappa shape index (κ3) is 7.43. The number of guanidine groups is 1. The SMILES string of the molecule is NC(=NCCc1ccccn1)NCCNC(=O)Cc1cccc(F)c1. The number of nitrogens with zero attached hydrogens (tertiary/aromatic N) is 2. The second-order valence-electron chi connectivity index (χ2n) is 5.42. The van der Waals surface area contributed by atoms with E-state index in [2.05, 4.69) is 20.6 Å². The molecular weight excluding hydrogens is 321 g/mol. The van der Waals surface area contributed by atoms with E-state index in [0.717, 1.165) is 5.69 Å². The summed E-state index contributed by atoms with van der Waals surface area (Å²) in [5.74, 6) is -0.185. The van der Waals surface area contributed by atoms with Crippen LogP contribution in [-0.4, -0.2) is 36.5 Å². The number of aromatic nitrogens is 1. The molecule has 25 heavy (non-hydrogen) atoms. The molecule has 0 spiro atoms. The molecule has 0 aliphatic heterocycles. The van der Waals surface area contributed by atoms with Gasteiger partial charge in [-0.15, -0.1) is 0 Å². The fraction of sp³-hybridized carbons (Fsp3) is 0.278. The van der Waals surface area contributed by atoms with E-state index in [-0.39, 0.29) is 18.1 Å². The zero-order valence-electron chi connectivity index (χ0n) is 13.9. The molecule has 0 saturated heterocycles. The summed E-state index contributed by atoms with van der Waals surface area (Å²) in [5.41, 5.74) is 7.36. The van der Waals surface area contributed by atoms with Crippen LogP contribution in [0.5, 0.6) is 0 Å². The van der Waals surface area contributed by atoms with Crippen molar-refractivity contribution in [1.29, 1.82) is 0 Å². The molecule has 0 atom stereocenters. The minimum absolute atomic E-state index is 0.144. The number of halogens is 1. The maximum absolute atomic E-state index is 13.1. The predicted molar refractivity (Wildman–Crippen MR) is 95.5 cm³/mol. The molecule has 2 aromatic rings. The van der Waals surface area contributed by atoms with E-state index in [1.807, 2.05) is 18.2 Å². The van der Waals surface area contributed by atoms with Gasteiger partial charge in [0.25, 0.3) is 0 Å². The monoisotopic (exact) mass is 343 g/mol. The van der Waals surface area contributed by atoms with Crippen molar-refractivity contribution in [3.8, 4) is 0 Å². The molecule has 1 amide bonds. The second-order valence-corrected chi connectivity index (χ2v) is 5.42. The predicted octanol–water partition coefficient (Wildman–Crippen LogP) is 1.03. The molecule has 4 N–H and O–H groups in total. The molecule has 0 saturated carbocycles. The van der Waals surface area contributed by atoms with Gasteiger partial charge in [-0.25, -0.2) is 4.39 Å². The van der Waals surface area contributed by atoms with Crippen molar-refractivity contribution in [3.63, 3.8) is 0 Å². The van der Waals surface area contributed by atoms with Gasteiger partial charge in [-0.05, 0) is 29.8 Å². The Kier molecular flexibility index (Phi) is 7.37. The third-order valence-corrected chi connectivity index (χ3v) is 3.38. The van der Waals surface area contributed by atoms with Crippen molar-refractivity contribution >= 4 is 11.9 Å². The number of benzene rings is 1. The van der Waals surface area contributed by atoms with E-state index in [4.69, 9.17) is 5.73 Å². The number of pyridine rings is 1. The lowest BCUT2D eigenvalue weighted by molar-refractivity contribution is -0.120. The highest BCUT2D eigenvalue weighted by atomic mass is 19.1. The molecular formula is C18H22FN5O. The largest absolute Gasteiger partial charge is 0.370 e. The average Bonchev–Trinajstić information content (AvgIpc) is 2.60. The van der Waals surface area contributed by atoms with Crippen LogP contribution in [0.1, 0.15) is 11.3 Å². The van der Waals surface area contributed by atoms with Crippen LogP contribution < -0.4 is 16.4 Å². The molecule has 0 aliphatic carbocycles. The van der Waals surface area contributed by atoms with Gasteiger partial charge in [0.05, 0.1) is 6.42 Å². The number of rotatable bonds is 8. The molecule has 7 heteroatoms. The fourth-order valence-corrected chi connectivity index (χ4v) is 2.18. The topological polar surface area (TPSA) is 92.4 Å². The summed E-state index contributed by atoms with van der Waals surface area (Å²) in [6.07, 6.45) is 2.60. The Hall–Kier alpha value is -2.96. The molecule has 0 unspecified atom stereocenters. The van der Waals surface area contributed by atoms with E-state index in [0.29, 0.717) is 37.6 Å². The van der Waals surface area contributed by atoms with Gasteiger partial charge in [-0.2, -0.15) is 0 Å². The summed E-state index contributed by atoms with van der Waals surface area (Å²) in [4.78, 5) is 20.2. The number of amides is 1. The van der Waals surface area contributed by atoms with Crippen molar-refractivity contribution in [1.82, 2.24) is 15.6 Å². The van der Waals surface area contributed by atoms with Gasteiger partial charge in [0.2, 0.25) is 5.91 Å². The minimum atomic E-state index is -0.346. The maximum atomic E-state index is 13.1. The van der Waals surface area contributed by atoms with Gasteiger partial charge < -0.3 is 16.4 Å². The van der Waals surface area contributed by atoms with E-state index in [9.17, 15) is 9.18 Å². The van der Waals surface area contributed by atoms with Crippen LogP contribution >= 0.6 is 0 Å². The first-order chi connectivity index (χ1) is 12.1. The number of nitrogens with two attached hydrogens (primary N) is 1. The van der Waals surface area contributed by atoms with Crippen LogP contribution in [0, 0.1) is 5.82 Å². The number of aliphatic imine (C=N–C) groups is 1. The summed E-state index contributed by atoms with van der Waals surface area (Å²) >= 11 is 0. The van der Waals surface area contributed by atoms with Crippen molar-refractivity contribution in [2.45, 2.75) is 12.8 Å². The molecule has 1 aromatic carbocycles. The Morgan fingerprint density at radius 3 is 2.76 bits per heavy atom. The Morgan fingerprint density at radius 1 is 1.16 bits per heavy atom. The molecule has 1 aromatic heterocycles. The normalized spacial score (nSPS) is 11.2. The van der Waals surface area contributed by atoms with Crippen molar-refractivity contribution in [3.05, 3.63) is 65.7 Å². The van der Waals surface area contributed by atoms with Crippen molar-refractivity contribution < 1.29 is 9.18 Å². The van der Waals surface area contributed by atoms with Gasteiger partial charge in [0, 0.05) is 37.9 Å². The number of nitrogens with one attached hydrogen (secondary N) is 2. The standard InChI is InChI=1S/C18H22FN5O/c19-15-5-3-4-14(12-15)13-17(25)22-10-11-24-18(20)23-9-7-16-6-1-2-8-21-16/h1-6,8,12H,7,9-11,13H2,(H,22,25)(H3,20,23,24). The van der Waals surface area contributed by atoms with Crippen LogP contribution in [0.2, 0.25) is 0 Å². The minimum Gasteiger partial charge on any atom is -0.370 e. The first-order valence-corrected chi connectivity index (χ1v) is 8.08. The van der Waals surface area contributed by atoms with Crippen LogP contribution in [0.25, 0.3) is 0 Å². The zero-order valence-corrected chi connectivity index (χ0v) is 13.9. The molecule has 0 aliphatic rings. The van der Waals surface area contributed by atoms with E-state index < -0.39 is 0 Å². The molecule has 1 heterocycles. The molecule has 2 rings (SSSR count). The average molecular weight is 343 g/mol. The van der Waals surface area contributed by atoms with E-state index >= 15 is 0 Å². The molecule has 0 radical (unpaired) electrons. The van der Waals surface area contributed by atoms with E-state index in [1.54, 1.807) is 18.3 Å². The molecule has 0 fully saturated rings. The lowest BCUT2D eigenvalue weighted by Crippen LogP contribution is -2.39. The Morgan fingerprint density at radius 2 is 2.00 bits per heavy atom. The molecule has 0 bridgehead atoms. The van der Waals surface area contributed by atoms with Gasteiger partial charge in [-0.3, -0.25) is 14.8 Å². The zero-order chi connectivity index (χ0) is 17.9. The smallest absolute Gasteiger partial charge is 0.224 e. The van der Waals surface area contributed by atoms with Crippen LogP contribution in [-0.2, 0) is 17.6 Å². The first-order valence-electron chi connectivity index (χ1n) is 8.08. The number of carbonyl (C=O) groups excluding carboxylic acids is 1. The highest BCUT2D eigenvalue weighted by Crippen LogP contribution is 2.03. The summed E-state index contributed by atoms with van der Waals surface area (Å²) < 4.78 is 13.1. The Balaban J connectivity index is 1.60. The van der Waals surface area contributed by atoms with Gasteiger partial charge in [0.15, 0.2) is 5.96 Å². The van der Waals surface area contributed by atoms with E-state index in [1.165, 1.54) is 12.1 Å². The first kappa shape index (κ1) is 18.4. The summed E-state index contributed by atoms with van der Waals surface area (Å²) in [7, 11) is 0. The van der Waals surface area contributed by atoms with Crippen LogP contribution in [0.3, 0.4) is 0 Å². The van der Waals surface area contributed by atoms with Crippen LogP contribution in [0.15, 0.2) is 53.7 Å². The van der Waals surface area contributed by atoms with Crippen molar-refractivity contribution in [2.75, 3.05) is 19.6 Å². The van der Waals surface area contributed by atoms with Crippen molar-refractivity contribution in [2.24, 2.45) is 10.7 Å². The molecule has 132 valence electrons. The fourth-order valence-electron chi connectivity index (χ4n) is 2.18. The van der Waals surface area contributed by atoms with Gasteiger partial charge >= 0.3 is 0 Å². The van der Waals surface area contributed by atoms with Gasteiger partial charge in [-0.1, -0.05) is 18.2 Å². The third-order valence-electron chi connectivity index (χ3n) is 3.38.